The number of hydrogen-bond acceptors (Lipinski definition) is 3. The predicted molar refractivity (Wildman–Crippen MR) is 78.5 cm³/mol. The van der Waals surface area contributed by atoms with Gasteiger partial charge in [0.25, 0.3) is 0 Å². The van der Waals surface area contributed by atoms with Crippen molar-refractivity contribution in [2.24, 2.45) is 0 Å². The highest BCUT2D eigenvalue weighted by atomic mass is 16.5. The van der Waals surface area contributed by atoms with Crippen molar-refractivity contribution >= 4 is 0 Å². The van der Waals surface area contributed by atoms with Crippen molar-refractivity contribution in [3.63, 3.8) is 0 Å². The third kappa shape index (κ3) is 5.05. The average Bonchev–Trinajstić information content (AvgIpc) is 2.38. The van der Waals surface area contributed by atoms with E-state index in [0.29, 0.717) is 6.10 Å². The van der Waals surface area contributed by atoms with Gasteiger partial charge in [-0.1, -0.05) is 19.3 Å². The predicted octanol–water partition coefficient (Wildman–Crippen LogP) is 3.27. The van der Waals surface area contributed by atoms with E-state index < -0.39 is 0 Å². The summed E-state index contributed by atoms with van der Waals surface area (Å²) in [6, 6.07) is 0. The molecule has 1 aliphatic carbocycles. The van der Waals surface area contributed by atoms with Gasteiger partial charge in [-0.05, 0) is 46.5 Å². The number of ether oxygens (including phenoxy) is 2. The molecule has 2 rings (SSSR count). The summed E-state index contributed by atoms with van der Waals surface area (Å²) in [6.45, 7) is 9.43. The van der Waals surface area contributed by atoms with Crippen LogP contribution in [0.3, 0.4) is 0 Å². The highest BCUT2D eigenvalue weighted by Gasteiger charge is 2.36. The summed E-state index contributed by atoms with van der Waals surface area (Å²) in [6.07, 6.45) is 8.97. The summed E-state index contributed by atoms with van der Waals surface area (Å²) >= 11 is 0. The van der Waals surface area contributed by atoms with Gasteiger partial charge in [0.2, 0.25) is 0 Å². The second kappa shape index (κ2) is 6.55. The number of rotatable bonds is 4. The van der Waals surface area contributed by atoms with E-state index >= 15 is 0 Å². The molecule has 0 aromatic carbocycles. The first-order valence-electron chi connectivity index (χ1n) is 8.00. The normalized spacial score (nSPS) is 25.4. The Morgan fingerprint density at radius 2 is 1.74 bits per heavy atom. The first-order chi connectivity index (χ1) is 8.99. The zero-order valence-corrected chi connectivity index (χ0v) is 13.0. The lowest BCUT2D eigenvalue weighted by atomic mass is 9.83. The van der Waals surface area contributed by atoms with E-state index in [0.717, 1.165) is 32.6 Å². The van der Waals surface area contributed by atoms with Gasteiger partial charge in [0.05, 0.1) is 11.7 Å². The molecule has 19 heavy (non-hydrogen) atoms. The summed E-state index contributed by atoms with van der Waals surface area (Å²) in [7, 11) is 0. The Morgan fingerprint density at radius 3 is 2.32 bits per heavy atom. The van der Waals surface area contributed by atoms with Gasteiger partial charge in [0.1, 0.15) is 0 Å². The lowest BCUT2D eigenvalue weighted by molar-refractivity contribution is -0.140. The van der Waals surface area contributed by atoms with E-state index in [-0.39, 0.29) is 11.1 Å². The zero-order chi connectivity index (χ0) is 13.8. The Balaban J connectivity index is 1.93. The van der Waals surface area contributed by atoms with Crippen LogP contribution in [0.15, 0.2) is 0 Å². The summed E-state index contributed by atoms with van der Waals surface area (Å²) in [5.74, 6) is 0. The molecule has 0 radical (unpaired) electrons. The maximum Gasteiger partial charge on any atom is 0.0810 e. The summed E-state index contributed by atoms with van der Waals surface area (Å²) < 4.78 is 12.0. The maximum absolute atomic E-state index is 6.57. The molecule has 1 aliphatic heterocycles. The van der Waals surface area contributed by atoms with Gasteiger partial charge in [-0.3, -0.25) is 0 Å². The molecular formula is C16H31NO2. The second-order valence-corrected chi connectivity index (χ2v) is 7.28. The lowest BCUT2D eigenvalue weighted by Gasteiger charge is -2.42. The molecule has 0 bridgehead atoms. The molecular weight excluding hydrogens is 238 g/mol. The highest BCUT2D eigenvalue weighted by Crippen LogP contribution is 2.34. The third-order valence-corrected chi connectivity index (χ3v) is 4.29. The third-order valence-electron chi connectivity index (χ3n) is 4.29. The molecule has 0 atom stereocenters. The van der Waals surface area contributed by atoms with Crippen molar-refractivity contribution in [1.29, 1.82) is 0 Å². The van der Waals surface area contributed by atoms with Gasteiger partial charge in [-0.2, -0.15) is 0 Å². The average molecular weight is 269 g/mol. The van der Waals surface area contributed by atoms with Crippen LogP contribution in [0.4, 0.5) is 0 Å². The van der Waals surface area contributed by atoms with Crippen molar-refractivity contribution in [2.75, 3.05) is 19.8 Å². The smallest absolute Gasteiger partial charge is 0.0810 e. The lowest BCUT2D eigenvalue weighted by Crippen LogP contribution is -2.52. The van der Waals surface area contributed by atoms with Crippen molar-refractivity contribution in [1.82, 2.24) is 5.32 Å². The monoisotopic (exact) mass is 269 g/mol. The highest BCUT2D eigenvalue weighted by molar-refractivity contribution is 4.90. The Morgan fingerprint density at radius 1 is 1.11 bits per heavy atom. The van der Waals surface area contributed by atoms with Crippen LogP contribution in [-0.4, -0.2) is 37.0 Å². The first kappa shape index (κ1) is 15.3. The molecule has 112 valence electrons. The van der Waals surface area contributed by atoms with Gasteiger partial charge in [-0.15, -0.1) is 0 Å². The molecule has 1 heterocycles. The molecule has 0 unspecified atom stereocenters. The Hall–Kier alpha value is -0.120. The molecule has 3 nitrogen and oxygen atoms in total. The van der Waals surface area contributed by atoms with E-state index in [2.05, 4.69) is 26.1 Å². The van der Waals surface area contributed by atoms with Crippen LogP contribution in [0.25, 0.3) is 0 Å². The van der Waals surface area contributed by atoms with Crippen LogP contribution in [0.5, 0.6) is 0 Å². The summed E-state index contributed by atoms with van der Waals surface area (Å²) in [5.41, 5.74) is 0.247. The molecule has 2 aliphatic rings. The van der Waals surface area contributed by atoms with Crippen LogP contribution in [-0.2, 0) is 9.47 Å². The van der Waals surface area contributed by atoms with E-state index in [9.17, 15) is 0 Å². The second-order valence-electron chi connectivity index (χ2n) is 7.28. The quantitative estimate of drug-likeness (QED) is 0.849. The standard InChI is InChI=1S/C16H31NO2/c1-15(2,3)17-13-16(9-5-4-6-10-16)19-14-7-11-18-12-8-14/h14,17H,4-13H2,1-3H3. The molecule has 0 amide bonds. The molecule has 2 fully saturated rings. The molecule has 1 saturated carbocycles. The van der Waals surface area contributed by atoms with E-state index in [1.165, 1.54) is 32.1 Å². The molecule has 0 spiro atoms. The first-order valence-corrected chi connectivity index (χ1v) is 8.00. The SMILES string of the molecule is CC(C)(C)NCC1(OC2CCOCC2)CCCCC1. The van der Waals surface area contributed by atoms with Gasteiger partial charge in [0, 0.05) is 25.3 Å². The topological polar surface area (TPSA) is 30.5 Å². The fourth-order valence-corrected chi connectivity index (χ4v) is 3.11. The van der Waals surface area contributed by atoms with E-state index in [4.69, 9.17) is 9.47 Å². The minimum Gasteiger partial charge on any atom is -0.381 e. The van der Waals surface area contributed by atoms with Crippen LogP contribution < -0.4 is 5.32 Å². The Labute approximate surface area is 118 Å². The van der Waals surface area contributed by atoms with Crippen LogP contribution in [0, 0.1) is 0 Å². The van der Waals surface area contributed by atoms with E-state index in [1.807, 2.05) is 0 Å². The largest absolute Gasteiger partial charge is 0.381 e. The van der Waals surface area contributed by atoms with Crippen LogP contribution >= 0.6 is 0 Å². The van der Waals surface area contributed by atoms with Crippen molar-refractivity contribution in [3.05, 3.63) is 0 Å². The van der Waals surface area contributed by atoms with Gasteiger partial charge in [-0.25, -0.2) is 0 Å². The van der Waals surface area contributed by atoms with Crippen LogP contribution in [0.1, 0.15) is 65.7 Å². The van der Waals surface area contributed by atoms with Crippen molar-refractivity contribution in [2.45, 2.75) is 83.0 Å². The summed E-state index contributed by atoms with van der Waals surface area (Å²) in [4.78, 5) is 0. The van der Waals surface area contributed by atoms with E-state index in [1.54, 1.807) is 0 Å². The fraction of sp³-hybridized carbons (Fsp3) is 1.00. The van der Waals surface area contributed by atoms with Crippen molar-refractivity contribution in [3.8, 4) is 0 Å². The summed E-state index contributed by atoms with van der Waals surface area (Å²) in [5, 5.41) is 3.67. The van der Waals surface area contributed by atoms with Gasteiger partial charge < -0.3 is 14.8 Å². The number of hydrogen-bond donors (Lipinski definition) is 1. The maximum atomic E-state index is 6.57. The fourth-order valence-electron chi connectivity index (χ4n) is 3.11. The Kier molecular flexibility index (Phi) is 5.27. The van der Waals surface area contributed by atoms with Gasteiger partial charge >= 0.3 is 0 Å². The van der Waals surface area contributed by atoms with Gasteiger partial charge in [0.15, 0.2) is 0 Å². The molecule has 0 aromatic heterocycles. The number of nitrogens with one attached hydrogen (secondary N) is 1. The minimum atomic E-state index is 0.0769. The zero-order valence-electron chi connectivity index (χ0n) is 13.0. The van der Waals surface area contributed by atoms with Crippen molar-refractivity contribution < 1.29 is 9.47 Å². The molecule has 0 aromatic rings. The molecule has 3 heteroatoms. The molecule has 1 saturated heterocycles. The van der Waals surface area contributed by atoms with Crippen LogP contribution in [0.2, 0.25) is 0 Å². The molecule has 1 N–H and O–H groups in total. The Bertz CT molecular complexity index is 260. The minimum absolute atomic E-state index is 0.0769.